The van der Waals surface area contributed by atoms with Gasteiger partial charge in [0.2, 0.25) is 10.0 Å². The molecule has 1 amide bonds. The van der Waals surface area contributed by atoms with Crippen molar-refractivity contribution in [2.75, 3.05) is 13.2 Å². The van der Waals surface area contributed by atoms with Crippen LogP contribution in [-0.4, -0.2) is 44.5 Å². The minimum atomic E-state index is -3.76. The number of sulfonamides is 1. The summed E-state index contributed by atoms with van der Waals surface area (Å²) in [6.45, 7) is 2.88. The van der Waals surface area contributed by atoms with Crippen LogP contribution in [0.1, 0.15) is 54.6 Å². The molecule has 2 aliphatic rings. The summed E-state index contributed by atoms with van der Waals surface area (Å²) in [5.74, 6) is -0.122. The molecule has 2 aromatic rings. The molecule has 1 aliphatic carbocycles. The number of hydrogen-bond acceptors (Lipinski definition) is 4. The number of amides is 1. The van der Waals surface area contributed by atoms with Crippen molar-refractivity contribution in [1.82, 2.24) is 9.62 Å². The van der Waals surface area contributed by atoms with Crippen LogP contribution in [0.3, 0.4) is 0 Å². The maximum Gasteiger partial charge on any atom is 0.254 e. The van der Waals surface area contributed by atoms with Gasteiger partial charge in [-0.2, -0.15) is 0 Å². The Morgan fingerprint density at radius 1 is 1.10 bits per heavy atom. The van der Waals surface area contributed by atoms with Gasteiger partial charge in [-0.3, -0.25) is 4.79 Å². The zero-order chi connectivity index (χ0) is 21.1. The maximum atomic E-state index is 13.2. The highest BCUT2D eigenvalue weighted by molar-refractivity contribution is 7.89. The summed E-state index contributed by atoms with van der Waals surface area (Å²) < 4.78 is 34.4. The summed E-state index contributed by atoms with van der Waals surface area (Å²) >= 11 is 0. The molecule has 0 aromatic heterocycles. The molecule has 4 rings (SSSR count). The molecule has 7 heteroatoms. The lowest BCUT2D eigenvalue weighted by molar-refractivity contribution is -0.0752. The van der Waals surface area contributed by atoms with Crippen molar-refractivity contribution < 1.29 is 17.9 Å². The van der Waals surface area contributed by atoms with Gasteiger partial charge in [-0.15, -0.1) is 0 Å². The van der Waals surface area contributed by atoms with Crippen LogP contribution in [0.4, 0.5) is 0 Å². The Bertz CT molecular complexity index is 991. The molecule has 1 saturated carbocycles. The lowest BCUT2D eigenvalue weighted by Crippen LogP contribution is -2.54. The molecule has 2 fully saturated rings. The highest BCUT2D eigenvalue weighted by Gasteiger charge is 2.37. The fourth-order valence-electron chi connectivity index (χ4n) is 4.42. The predicted molar refractivity (Wildman–Crippen MR) is 115 cm³/mol. The largest absolute Gasteiger partial charge is 0.374 e. The number of morpholine rings is 1. The van der Waals surface area contributed by atoms with E-state index < -0.39 is 10.0 Å². The molecule has 3 unspecified atom stereocenters. The molecule has 1 N–H and O–H groups in total. The van der Waals surface area contributed by atoms with Gasteiger partial charge in [-0.05, 0) is 43.5 Å². The van der Waals surface area contributed by atoms with E-state index in [2.05, 4.69) is 4.72 Å². The Kier molecular flexibility index (Phi) is 6.22. The second-order valence-corrected chi connectivity index (χ2v) is 9.76. The average Bonchev–Trinajstić information content (AvgIpc) is 2.78. The third-order valence-corrected chi connectivity index (χ3v) is 7.55. The zero-order valence-corrected chi connectivity index (χ0v) is 18.0. The van der Waals surface area contributed by atoms with Gasteiger partial charge in [0.05, 0.1) is 23.6 Å². The predicted octanol–water partition coefficient (Wildman–Crippen LogP) is 3.51. The zero-order valence-electron chi connectivity index (χ0n) is 17.2. The standard InChI is InChI=1S/C23H28N2O4S/c1-17(18-8-3-2-4-9-18)24-30(27,28)20-11-7-10-19(16-20)23(26)25-14-15-29-22-13-6-5-12-21(22)25/h2-4,7-11,16-17,21-22,24H,5-6,12-15H2,1H3. The van der Waals surface area contributed by atoms with E-state index in [1.807, 2.05) is 35.2 Å². The van der Waals surface area contributed by atoms with Gasteiger partial charge in [-0.25, -0.2) is 13.1 Å². The molecule has 1 aliphatic heterocycles. The van der Waals surface area contributed by atoms with Crippen LogP contribution in [-0.2, 0) is 14.8 Å². The number of ether oxygens (including phenoxy) is 1. The molecule has 3 atom stereocenters. The van der Waals surface area contributed by atoms with Crippen molar-refractivity contribution >= 4 is 15.9 Å². The maximum absolute atomic E-state index is 13.2. The number of benzene rings is 2. The van der Waals surface area contributed by atoms with E-state index in [0.29, 0.717) is 18.7 Å². The van der Waals surface area contributed by atoms with Crippen LogP contribution in [0.25, 0.3) is 0 Å². The molecular weight excluding hydrogens is 400 g/mol. The summed E-state index contributed by atoms with van der Waals surface area (Å²) in [6.07, 6.45) is 4.22. The SMILES string of the molecule is CC(NS(=O)(=O)c1cccc(C(=O)N2CCOC3CCCCC32)c1)c1ccccc1. The Balaban J connectivity index is 1.53. The van der Waals surface area contributed by atoms with Crippen molar-refractivity contribution in [3.05, 3.63) is 65.7 Å². The summed E-state index contributed by atoms with van der Waals surface area (Å²) in [6, 6.07) is 15.4. The topological polar surface area (TPSA) is 75.7 Å². The Morgan fingerprint density at radius 2 is 1.87 bits per heavy atom. The molecule has 6 nitrogen and oxygen atoms in total. The van der Waals surface area contributed by atoms with E-state index in [4.69, 9.17) is 4.74 Å². The highest BCUT2D eigenvalue weighted by Crippen LogP contribution is 2.30. The number of carbonyl (C=O) groups excluding carboxylic acids is 1. The normalized spacial score (nSPS) is 22.9. The van der Waals surface area contributed by atoms with Crippen molar-refractivity contribution in [2.24, 2.45) is 0 Å². The fraction of sp³-hybridized carbons (Fsp3) is 0.435. The minimum Gasteiger partial charge on any atom is -0.374 e. The van der Waals surface area contributed by atoms with Crippen LogP contribution >= 0.6 is 0 Å². The quantitative estimate of drug-likeness (QED) is 0.791. The van der Waals surface area contributed by atoms with E-state index in [1.165, 1.54) is 12.1 Å². The first-order chi connectivity index (χ1) is 14.5. The molecule has 2 aromatic carbocycles. The molecule has 160 valence electrons. The molecule has 0 spiro atoms. The molecule has 0 bridgehead atoms. The van der Waals surface area contributed by atoms with Crippen molar-refractivity contribution in [1.29, 1.82) is 0 Å². The van der Waals surface area contributed by atoms with Gasteiger partial charge in [0, 0.05) is 18.2 Å². The number of nitrogens with one attached hydrogen (secondary N) is 1. The van der Waals surface area contributed by atoms with Crippen molar-refractivity contribution in [2.45, 2.75) is 55.7 Å². The van der Waals surface area contributed by atoms with Gasteiger partial charge in [0.25, 0.3) is 5.91 Å². The van der Waals surface area contributed by atoms with Gasteiger partial charge in [0.1, 0.15) is 0 Å². The second kappa shape index (κ2) is 8.88. The van der Waals surface area contributed by atoms with Gasteiger partial charge < -0.3 is 9.64 Å². The highest BCUT2D eigenvalue weighted by atomic mass is 32.2. The first-order valence-electron chi connectivity index (χ1n) is 10.6. The van der Waals surface area contributed by atoms with Gasteiger partial charge in [-0.1, -0.05) is 49.2 Å². The van der Waals surface area contributed by atoms with E-state index >= 15 is 0 Å². The third-order valence-electron chi connectivity index (χ3n) is 6.02. The Labute approximate surface area is 178 Å². The van der Waals surface area contributed by atoms with Crippen molar-refractivity contribution in [3.8, 4) is 0 Å². The number of carbonyl (C=O) groups is 1. The molecule has 1 saturated heterocycles. The first-order valence-corrected chi connectivity index (χ1v) is 12.0. The number of rotatable bonds is 5. The molecule has 1 heterocycles. The monoisotopic (exact) mass is 428 g/mol. The molecular formula is C23H28N2O4S. The van der Waals surface area contributed by atoms with Crippen LogP contribution < -0.4 is 4.72 Å². The summed E-state index contributed by atoms with van der Waals surface area (Å²) in [5, 5.41) is 0. The van der Waals surface area contributed by atoms with E-state index in [9.17, 15) is 13.2 Å². The van der Waals surface area contributed by atoms with Crippen LogP contribution in [0, 0.1) is 0 Å². The Morgan fingerprint density at radius 3 is 2.67 bits per heavy atom. The second-order valence-electron chi connectivity index (χ2n) is 8.04. The van der Waals surface area contributed by atoms with E-state index in [-0.39, 0.29) is 29.0 Å². The number of fused-ring (bicyclic) bond motifs is 1. The Hall–Kier alpha value is -2.22. The third kappa shape index (κ3) is 4.43. The van der Waals surface area contributed by atoms with E-state index in [1.54, 1.807) is 19.1 Å². The average molecular weight is 429 g/mol. The summed E-state index contributed by atoms with van der Waals surface area (Å²) in [7, 11) is -3.76. The number of nitrogens with zero attached hydrogens (tertiary/aromatic N) is 1. The lowest BCUT2D eigenvalue weighted by atomic mass is 9.89. The van der Waals surface area contributed by atoms with Crippen LogP contribution in [0.15, 0.2) is 59.5 Å². The van der Waals surface area contributed by atoms with Crippen LogP contribution in [0.2, 0.25) is 0 Å². The van der Waals surface area contributed by atoms with Gasteiger partial charge >= 0.3 is 0 Å². The summed E-state index contributed by atoms with van der Waals surface area (Å²) in [5.41, 5.74) is 1.28. The fourth-order valence-corrected chi connectivity index (χ4v) is 5.70. The lowest BCUT2D eigenvalue weighted by Gasteiger charge is -2.43. The van der Waals surface area contributed by atoms with Gasteiger partial charge in [0.15, 0.2) is 0 Å². The minimum absolute atomic E-state index is 0.0801. The smallest absolute Gasteiger partial charge is 0.254 e. The van der Waals surface area contributed by atoms with Crippen molar-refractivity contribution in [3.63, 3.8) is 0 Å². The van der Waals surface area contributed by atoms with E-state index in [0.717, 1.165) is 31.2 Å². The summed E-state index contributed by atoms with van der Waals surface area (Å²) in [4.78, 5) is 15.2. The molecule has 0 radical (unpaired) electrons. The number of hydrogen-bond donors (Lipinski definition) is 1. The van der Waals surface area contributed by atoms with Crippen LogP contribution in [0.5, 0.6) is 0 Å². The first kappa shape index (κ1) is 21.0. The molecule has 30 heavy (non-hydrogen) atoms.